The molecule has 3 heterocycles. The van der Waals surface area contributed by atoms with Crippen molar-refractivity contribution in [2.45, 2.75) is 43.1 Å². The van der Waals surface area contributed by atoms with Crippen LogP contribution in [-0.2, 0) is 133 Å². The van der Waals surface area contributed by atoms with Gasteiger partial charge in [-0.1, -0.05) is 22.3 Å². The van der Waals surface area contributed by atoms with Gasteiger partial charge >= 0.3 is 0 Å². The SMILES string of the molecule is C.C.C.Cc1cn[nH]n1.Cc1cnn(C)n1.Cc1cnn(C)n1.[CH3-].[W].[Y].[Y].[Y]. The molecule has 0 atom stereocenters. The first-order chi connectivity index (χ1) is 9.47. The number of aryl methyl sites for hydroxylation is 5. The van der Waals surface area contributed by atoms with Gasteiger partial charge in [-0.3, -0.25) is 0 Å². The Balaban J connectivity index is -0.0000000313. The van der Waals surface area contributed by atoms with Crippen LogP contribution in [0.2, 0.25) is 0 Å². The van der Waals surface area contributed by atoms with Crippen molar-refractivity contribution in [1.29, 1.82) is 0 Å². The number of H-pyrrole nitrogens is 1. The Labute approximate surface area is 261 Å². The summed E-state index contributed by atoms with van der Waals surface area (Å²) in [5.74, 6) is 0. The van der Waals surface area contributed by atoms with E-state index in [1.807, 2.05) is 20.8 Å². The third-order valence-corrected chi connectivity index (χ3v) is 1.96. The maximum atomic E-state index is 3.92. The summed E-state index contributed by atoms with van der Waals surface area (Å²) in [7, 11) is 3.60. The summed E-state index contributed by atoms with van der Waals surface area (Å²) in [5, 5.41) is 25.2. The van der Waals surface area contributed by atoms with Gasteiger partial charge in [-0.05, 0) is 20.8 Å². The van der Waals surface area contributed by atoms with Crippen LogP contribution in [-0.4, -0.2) is 45.4 Å². The van der Waals surface area contributed by atoms with E-state index in [2.05, 4.69) is 35.8 Å². The van der Waals surface area contributed by atoms with Gasteiger partial charge in [0.15, 0.2) is 0 Å². The Morgan fingerprint density at radius 2 is 1.07 bits per heavy atom. The molecule has 9 nitrogen and oxygen atoms in total. The molecular weight excluding hydrogens is 757 g/mol. The number of rotatable bonds is 0. The van der Waals surface area contributed by atoms with Gasteiger partial charge in [-0.25, -0.2) is 0 Å². The molecule has 155 valence electrons. The molecule has 0 aliphatic carbocycles. The number of nitrogens with one attached hydrogen (secondary N) is 1. The number of hydrogen-bond acceptors (Lipinski definition) is 6. The molecule has 3 aromatic rings. The third kappa shape index (κ3) is 27.4. The second-order valence-electron chi connectivity index (χ2n) is 4.06. The van der Waals surface area contributed by atoms with E-state index in [9.17, 15) is 0 Å². The van der Waals surface area contributed by atoms with E-state index in [1.165, 1.54) is 9.59 Å². The van der Waals surface area contributed by atoms with E-state index in [1.54, 1.807) is 32.7 Å². The standard InChI is InChI=1S/2C4H7N3.C3H5N3.3CH4.CH3.W.3Y/c2*1-4-3-5-7(2)6-4;1-3-2-4-6-5-3;;;;;;;;/h2*3H,1-2H3;2H,1H3,(H,4,5,6);3*1H4;1H3;;;;/q;;;;;;-1;;;;. The Bertz CT molecular complexity index is 545. The van der Waals surface area contributed by atoms with Crippen molar-refractivity contribution in [2.75, 3.05) is 0 Å². The molecule has 0 aromatic carbocycles. The van der Waals surface area contributed by atoms with E-state index < -0.39 is 0 Å². The first-order valence-corrected chi connectivity index (χ1v) is 5.95. The van der Waals surface area contributed by atoms with Gasteiger partial charge in [0.25, 0.3) is 0 Å². The first-order valence-electron chi connectivity index (χ1n) is 5.95. The van der Waals surface area contributed by atoms with Gasteiger partial charge in [-0.15, -0.1) is 0 Å². The fourth-order valence-corrected chi connectivity index (χ4v) is 1.15. The second-order valence-corrected chi connectivity index (χ2v) is 4.06. The molecule has 13 heteroatoms. The number of hydrogen-bond donors (Lipinski definition) is 1. The minimum absolute atomic E-state index is 0. The minimum atomic E-state index is 0. The van der Waals surface area contributed by atoms with Gasteiger partial charge in [0.1, 0.15) is 0 Å². The molecule has 0 amide bonds. The summed E-state index contributed by atoms with van der Waals surface area (Å²) in [4.78, 5) is 3.07. The molecular formula is C15H34N9WY3-. The van der Waals surface area contributed by atoms with E-state index in [4.69, 9.17) is 0 Å². The van der Waals surface area contributed by atoms with Crippen LogP contribution in [0, 0.1) is 28.2 Å². The van der Waals surface area contributed by atoms with Crippen molar-refractivity contribution in [1.82, 2.24) is 45.4 Å². The monoisotopic (exact) mass is 791 g/mol. The normalized spacial score (nSPS) is 6.61. The summed E-state index contributed by atoms with van der Waals surface area (Å²) >= 11 is 0. The molecule has 3 radical (unpaired) electrons. The van der Waals surface area contributed by atoms with E-state index in [0.717, 1.165) is 17.1 Å². The number of aromatic amines is 1. The molecule has 28 heavy (non-hydrogen) atoms. The average Bonchev–Trinajstić information content (AvgIpc) is 3.07. The third-order valence-electron chi connectivity index (χ3n) is 1.96. The predicted molar refractivity (Wildman–Crippen MR) is 99.2 cm³/mol. The predicted octanol–water partition coefficient (Wildman–Crippen LogP) is 2.71. The van der Waals surface area contributed by atoms with Gasteiger partial charge in [0.05, 0.1) is 35.7 Å². The Morgan fingerprint density at radius 1 is 0.714 bits per heavy atom. The molecule has 0 fully saturated rings. The van der Waals surface area contributed by atoms with Crippen molar-refractivity contribution < 1.29 is 119 Å². The van der Waals surface area contributed by atoms with Crippen LogP contribution in [0.4, 0.5) is 0 Å². The van der Waals surface area contributed by atoms with Crippen LogP contribution >= 0.6 is 0 Å². The van der Waals surface area contributed by atoms with Gasteiger partial charge in [-0.2, -0.15) is 45.4 Å². The molecule has 3 rings (SSSR count). The molecule has 0 aliphatic rings. The fraction of sp³-hybridized carbons (Fsp3) is 0.533. The van der Waals surface area contributed by atoms with Crippen LogP contribution in [0.3, 0.4) is 0 Å². The zero-order chi connectivity index (χ0) is 15.0. The molecule has 0 spiro atoms. The van der Waals surface area contributed by atoms with Crippen LogP contribution in [0.5, 0.6) is 0 Å². The van der Waals surface area contributed by atoms with Crippen molar-refractivity contribution in [3.05, 3.63) is 43.1 Å². The van der Waals surface area contributed by atoms with Crippen molar-refractivity contribution >= 4 is 0 Å². The van der Waals surface area contributed by atoms with E-state index >= 15 is 0 Å². The van der Waals surface area contributed by atoms with Crippen molar-refractivity contribution in [3.8, 4) is 0 Å². The summed E-state index contributed by atoms with van der Waals surface area (Å²) in [6.07, 6.45) is 5.11. The number of aromatic nitrogens is 9. The molecule has 0 bridgehead atoms. The summed E-state index contributed by atoms with van der Waals surface area (Å²) in [5.41, 5.74) is 2.85. The maximum absolute atomic E-state index is 3.92. The summed E-state index contributed by atoms with van der Waals surface area (Å²) in [6.45, 7) is 5.70. The molecule has 0 saturated heterocycles. The maximum Gasteiger partial charge on any atom is 0.0796 e. The second kappa shape index (κ2) is 30.6. The Morgan fingerprint density at radius 3 is 1.14 bits per heavy atom. The molecule has 0 saturated carbocycles. The summed E-state index contributed by atoms with van der Waals surface area (Å²) < 4.78 is 0. The Hall–Kier alpha value is 1.42. The van der Waals surface area contributed by atoms with Crippen LogP contribution in [0.25, 0.3) is 0 Å². The summed E-state index contributed by atoms with van der Waals surface area (Å²) in [6, 6.07) is 0. The van der Waals surface area contributed by atoms with Gasteiger partial charge in [0.2, 0.25) is 0 Å². The van der Waals surface area contributed by atoms with Crippen LogP contribution in [0.15, 0.2) is 18.6 Å². The zero-order valence-electron chi connectivity index (χ0n) is 15.5. The van der Waals surface area contributed by atoms with Gasteiger partial charge < -0.3 is 7.43 Å². The smallest absolute Gasteiger partial charge is 0.0796 e. The molecule has 3 aromatic heterocycles. The minimum Gasteiger partial charge on any atom is -0.358 e. The topological polar surface area (TPSA) is 103 Å². The fourth-order valence-electron chi connectivity index (χ4n) is 1.15. The van der Waals surface area contributed by atoms with Crippen molar-refractivity contribution in [2.24, 2.45) is 14.1 Å². The van der Waals surface area contributed by atoms with E-state index in [-0.39, 0.29) is 149 Å². The van der Waals surface area contributed by atoms with Crippen molar-refractivity contribution in [3.63, 3.8) is 0 Å². The largest absolute Gasteiger partial charge is 0.358 e. The molecule has 0 unspecified atom stereocenters. The van der Waals surface area contributed by atoms with Crippen LogP contribution < -0.4 is 0 Å². The molecule has 0 aliphatic heterocycles. The van der Waals surface area contributed by atoms with E-state index in [0.29, 0.717) is 0 Å². The zero-order valence-corrected chi connectivity index (χ0v) is 26.9. The number of nitrogens with zero attached hydrogens (tertiary/aromatic N) is 8. The quantitative estimate of drug-likeness (QED) is 0.352. The first kappa shape index (κ1) is 51.8. The van der Waals surface area contributed by atoms with Gasteiger partial charge in [0, 0.05) is 133 Å². The Kier molecular flexibility index (Phi) is 56.6. The average molecular weight is 791 g/mol. The van der Waals surface area contributed by atoms with Crippen LogP contribution in [0.1, 0.15) is 39.4 Å². The molecule has 1 N–H and O–H groups in total.